The molecule has 21 heavy (non-hydrogen) atoms. The molecule has 0 radical (unpaired) electrons. The number of nitro groups is 1. The normalized spacial score (nSPS) is 22.9. The number of hydrogen-bond acceptors (Lipinski definition) is 5. The fourth-order valence-corrected chi connectivity index (χ4v) is 5.17. The summed E-state index contributed by atoms with van der Waals surface area (Å²) >= 11 is 0. The smallest absolute Gasteiger partial charge is 0.259 e. The van der Waals surface area contributed by atoms with E-state index in [1.807, 2.05) is 0 Å². The zero-order chi connectivity index (χ0) is 15.8. The van der Waals surface area contributed by atoms with Gasteiger partial charge in [0.2, 0.25) is 10.0 Å². The van der Waals surface area contributed by atoms with Crippen molar-refractivity contribution in [2.75, 3.05) is 18.8 Å². The largest absolute Gasteiger partial charge is 0.269 e. The lowest BCUT2D eigenvalue weighted by molar-refractivity contribution is -0.384. The molecule has 1 unspecified atom stereocenters. The highest BCUT2D eigenvalue weighted by molar-refractivity contribution is 7.89. The second-order valence-electron chi connectivity index (χ2n) is 5.40. The first-order valence-corrected chi connectivity index (χ1v) is 9.03. The Morgan fingerprint density at radius 2 is 1.86 bits per heavy atom. The van der Waals surface area contributed by atoms with Crippen LogP contribution in [0.3, 0.4) is 0 Å². The van der Waals surface area contributed by atoms with Gasteiger partial charge in [0.15, 0.2) is 0 Å². The zero-order valence-electron chi connectivity index (χ0n) is 11.7. The molecule has 0 aliphatic carbocycles. The summed E-state index contributed by atoms with van der Waals surface area (Å²) in [6, 6.07) is 4.79. The maximum Gasteiger partial charge on any atom is 0.269 e. The molecule has 1 saturated heterocycles. The van der Waals surface area contributed by atoms with Crippen molar-refractivity contribution >= 4 is 26.5 Å². The first-order chi connectivity index (χ1) is 9.64. The number of hydrogen-bond donors (Lipinski definition) is 0. The molecule has 0 aromatic heterocycles. The van der Waals surface area contributed by atoms with E-state index in [0.29, 0.717) is 5.75 Å². The highest BCUT2D eigenvalue weighted by atomic mass is 32.2. The zero-order valence-corrected chi connectivity index (χ0v) is 13.3. The van der Waals surface area contributed by atoms with Gasteiger partial charge in [0, 0.05) is 41.8 Å². The molecule has 7 nitrogen and oxygen atoms in total. The van der Waals surface area contributed by atoms with Crippen molar-refractivity contribution in [3.8, 4) is 0 Å². The highest BCUT2D eigenvalue weighted by Crippen LogP contribution is 2.26. The van der Waals surface area contributed by atoms with Gasteiger partial charge in [-0.1, -0.05) is 0 Å². The maximum atomic E-state index is 12.5. The molecule has 116 valence electrons. The van der Waals surface area contributed by atoms with E-state index in [1.165, 1.54) is 28.6 Å². The fraction of sp³-hybridized carbons (Fsp3) is 0.500. The Labute approximate surface area is 125 Å². The van der Waals surface area contributed by atoms with E-state index in [0.717, 1.165) is 0 Å². The molecule has 2 rings (SSSR count). The number of non-ortho nitro benzene ring substituents is 1. The van der Waals surface area contributed by atoms with Gasteiger partial charge in [-0.2, -0.15) is 4.31 Å². The van der Waals surface area contributed by atoms with Crippen molar-refractivity contribution in [2.45, 2.75) is 23.5 Å². The van der Waals surface area contributed by atoms with E-state index in [2.05, 4.69) is 0 Å². The van der Waals surface area contributed by atoms with Crippen molar-refractivity contribution in [2.24, 2.45) is 0 Å². The molecule has 0 amide bonds. The van der Waals surface area contributed by atoms with Crippen LogP contribution in [0.5, 0.6) is 0 Å². The number of nitro benzene ring substituents is 1. The van der Waals surface area contributed by atoms with Crippen LogP contribution in [0.4, 0.5) is 5.69 Å². The summed E-state index contributed by atoms with van der Waals surface area (Å²) in [5.74, 6) is 0.291. The molecule has 1 aromatic rings. The third-order valence-corrected chi connectivity index (χ3v) is 7.16. The SMILES string of the molecule is CC1(C)CN(S(=O)(=O)c2ccc([N+](=O)[O-])cc2)CCS1=O. The fourth-order valence-electron chi connectivity index (χ4n) is 2.13. The van der Waals surface area contributed by atoms with Gasteiger partial charge in [0.25, 0.3) is 5.69 Å². The average Bonchev–Trinajstić information content (AvgIpc) is 2.41. The Hall–Kier alpha value is -1.32. The highest BCUT2D eigenvalue weighted by Gasteiger charge is 2.38. The van der Waals surface area contributed by atoms with E-state index in [9.17, 15) is 22.7 Å². The summed E-state index contributed by atoms with van der Waals surface area (Å²) in [5.41, 5.74) is -0.158. The number of rotatable bonds is 3. The van der Waals surface area contributed by atoms with Crippen LogP contribution in [0.1, 0.15) is 13.8 Å². The molecule has 1 aliphatic heterocycles. The van der Waals surface area contributed by atoms with Crippen LogP contribution in [-0.2, 0) is 20.8 Å². The number of benzene rings is 1. The summed E-state index contributed by atoms with van der Waals surface area (Å²) < 4.78 is 37.6. The van der Waals surface area contributed by atoms with E-state index in [-0.39, 0.29) is 23.7 Å². The lowest BCUT2D eigenvalue weighted by Crippen LogP contribution is -2.51. The lowest BCUT2D eigenvalue weighted by Gasteiger charge is -2.36. The van der Waals surface area contributed by atoms with Gasteiger partial charge in [-0.15, -0.1) is 0 Å². The molecule has 1 aliphatic rings. The summed E-state index contributed by atoms with van der Waals surface area (Å²) in [6.07, 6.45) is 0. The molecular weight excluding hydrogens is 316 g/mol. The maximum absolute atomic E-state index is 12.5. The van der Waals surface area contributed by atoms with E-state index in [4.69, 9.17) is 0 Å². The molecule has 1 fully saturated rings. The number of sulfonamides is 1. The van der Waals surface area contributed by atoms with Crippen LogP contribution >= 0.6 is 0 Å². The molecule has 0 N–H and O–H groups in total. The van der Waals surface area contributed by atoms with Gasteiger partial charge in [-0.3, -0.25) is 14.3 Å². The summed E-state index contributed by atoms with van der Waals surface area (Å²) in [4.78, 5) is 10.0. The van der Waals surface area contributed by atoms with Crippen molar-refractivity contribution < 1.29 is 17.6 Å². The van der Waals surface area contributed by atoms with Crippen molar-refractivity contribution in [3.05, 3.63) is 34.4 Å². The molecular formula is C12H16N2O5S2. The first-order valence-electron chi connectivity index (χ1n) is 6.28. The Balaban J connectivity index is 2.30. The summed E-state index contributed by atoms with van der Waals surface area (Å²) in [6.45, 7) is 3.88. The first kappa shape index (κ1) is 16.1. The molecule has 1 atom stereocenters. The lowest BCUT2D eigenvalue weighted by atomic mass is 10.2. The summed E-state index contributed by atoms with van der Waals surface area (Å²) in [5, 5.41) is 10.6. The average molecular weight is 332 g/mol. The quantitative estimate of drug-likeness (QED) is 0.610. The van der Waals surface area contributed by atoms with Gasteiger partial charge < -0.3 is 0 Å². The van der Waals surface area contributed by atoms with E-state index < -0.39 is 30.5 Å². The second kappa shape index (κ2) is 5.47. The molecule has 1 heterocycles. The van der Waals surface area contributed by atoms with Crippen molar-refractivity contribution in [3.63, 3.8) is 0 Å². The summed E-state index contributed by atoms with van der Waals surface area (Å²) in [7, 11) is -4.79. The second-order valence-corrected chi connectivity index (χ2v) is 9.54. The molecule has 9 heteroatoms. The van der Waals surface area contributed by atoms with E-state index in [1.54, 1.807) is 13.8 Å². The van der Waals surface area contributed by atoms with Crippen LogP contribution in [-0.4, -0.2) is 45.4 Å². The van der Waals surface area contributed by atoms with Crippen LogP contribution < -0.4 is 0 Å². The van der Waals surface area contributed by atoms with Gasteiger partial charge >= 0.3 is 0 Å². The monoisotopic (exact) mass is 332 g/mol. The predicted octanol–water partition coefficient (Wildman–Crippen LogP) is 1.13. The standard InChI is InChI=1S/C12H16N2O5S2/c1-12(2)9-13(7-8-20(12)17)21(18,19)11-5-3-10(4-6-11)14(15)16/h3-6H,7-9H2,1-2H3. The Morgan fingerprint density at radius 3 is 2.33 bits per heavy atom. The van der Waals surface area contributed by atoms with Crippen LogP contribution in [0.2, 0.25) is 0 Å². The molecule has 0 spiro atoms. The van der Waals surface area contributed by atoms with Gasteiger partial charge in [-0.05, 0) is 26.0 Å². The molecule has 0 bridgehead atoms. The third kappa shape index (κ3) is 3.14. The Kier molecular flexibility index (Phi) is 4.18. The van der Waals surface area contributed by atoms with Gasteiger partial charge in [0.05, 0.1) is 14.6 Å². The Bertz CT molecular complexity index is 682. The van der Waals surface area contributed by atoms with Gasteiger partial charge in [-0.25, -0.2) is 8.42 Å². The van der Waals surface area contributed by atoms with E-state index >= 15 is 0 Å². The van der Waals surface area contributed by atoms with Crippen LogP contribution in [0.25, 0.3) is 0 Å². The van der Waals surface area contributed by atoms with Gasteiger partial charge in [0.1, 0.15) is 0 Å². The van der Waals surface area contributed by atoms with Crippen LogP contribution in [0.15, 0.2) is 29.2 Å². The minimum absolute atomic E-state index is 0.0107. The molecule has 0 saturated carbocycles. The topological polar surface area (TPSA) is 97.6 Å². The Morgan fingerprint density at radius 1 is 1.29 bits per heavy atom. The van der Waals surface area contributed by atoms with Crippen molar-refractivity contribution in [1.82, 2.24) is 4.31 Å². The minimum Gasteiger partial charge on any atom is -0.259 e. The number of nitrogens with zero attached hydrogens (tertiary/aromatic N) is 2. The minimum atomic E-state index is -3.72. The van der Waals surface area contributed by atoms with Crippen LogP contribution in [0, 0.1) is 10.1 Å². The third-order valence-electron chi connectivity index (χ3n) is 3.38. The van der Waals surface area contributed by atoms with Crippen molar-refractivity contribution in [1.29, 1.82) is 0 Å². The predicted molar refractivity (Wildman–Crippen MR) is 78.9 cm³/mol. The molecule has 1 aromatic carbocycles.